The lowest BCUT2D eigenvalue weighted by molar-refractivity contribution is -0.120. The monoisotopic (exact) mass is 264 g/mol. The molecule has 0 aromatic carbocycles. The minimum Gasteiger partial charge on any atom is -0.330 e. The lowest BCUT2D eigenvalue weighted by Crippen LogP contribution is -2.29. The minimum absolute atomic E-state index is 0.0583. The second kappa shape index (κ2) is 5.33. The van der Waals surface area contributed by atoms with Crippen LogP contribution in [0, 0.1) is 11.8 Å². The molecule has 5 heteroatoms. The smallest absolute Gasteiger partial charge is 0.227 e. The van der Waals surface area contributed by atoms with E-state index < -0.39 is 0 Å². The molecule has 5 nitrogen and oxygen atoms in total. The van der Waals surface area contributed by atoms with E-state index in [1.54, 1.807) is 6.20 Å². The van der Waals surface area contributed by atoms with Gasteiger partial charge in [0.15, 0.2) is 0 Å². The lowest BCUT2D eigenvalue weighted by atomic mass is 9.95. The highest BCUT2D eigenvalue weighted by Gasteiger charge is 2.32. The van der Waals surface area contributed by atoms with Crippen LogP contribution < -0.4 is 11.1 Å². The summed E-state index contributed by atoms with van der Waals surface area (Å²) in [6.07, 6.45) is 6.69. The van der Waals surface area contributed by atoms with Crippen LogP contribution in [-0.4, -0.2) is 22.2 Å². The highest BCUT2D eigenvalue weighted by atomic mass is 16.1. The molecule has 1 heterocycles. The number of amides is 1. The van der Waals surface area contributed by atoms with Crippen molar-refractivity contribution in [1.82, 2.24) is 9.78 Å². The van der Waals surface area contributed by atoms with Crippen LogP contribution in [0.25, 0.3) is 0 Å². The van der Waals surface area contributed by atoms with Crippen molar-refractivity contribution in [1.29, 1.82) is 0 Å². The second-order valence-corrected chi connectivity index (χ2v) is 6.37. The Morgan fingerprint density at radius 3 is 2.84 bits per heavy atom. The summed E-state index contributed by atoms with van der Waals surface area (Å²) in [6.45, 7) is 6.83. The molecule has 2 atom stereocenters. The Bertz CT molecular complexity index is 447. The first-order valence-electron chi connectivity index (χ1n) is 6.98. The summed E-state index contributed by atoms with van der Waals surface area (Å²) in [6, 6.07) is 0. The van der Waals surface area contributed by atoms with Crippen molar-refractivity contribution >= 4 is 11.6 Å². The molecule has 1 amide bonds. The molecule has 0 saturated heterocycles. The van der Waals surface area contributed by atoms with Crippen molar-refractivity contribution in [2.24, 2.45) is 17.6 Å². The Morgan fingerprint density at radius 2 is 2.26 bits per heavy atom. The van der Waals surface area contributed by atoms with Crippen LogP contribution in [0.15, 0.2) is 12.4 Å². The standard InChI is InChI=1S/C14H24N4O/c1-14(2,3)18-9-11(8-16-18)17-13(19)12-6-4-5-10(12)7-15/h8-10,12H,4-7,15H2,1-3H3,(H,17,19)/t10-,12-/m1/s1. The molecule has 0 aliphatic heterocycles. The highest BCUT2D eigenvalue weighted by Crippen LogP contribution is 2.31. The van der Waals surface area contributed by atoms with Gasteiger partial charge in [-0.05, 0) is 46.1 Å². The Kier molecular flexibility index (Phi) is 3.94. The van der Waals surface area contributed by atoms with Crippen LogP contribution in [-0.2, 0) is 10.3 Å². The molecule has 1 saturated carbocycles. The van der Waals surface area contributed by atoms with Crippen LogP contribution in [0.4, 0.5) is 5.69 Å². The average Bonchev–Trinajstić information content (AvgIpc) is 2.95. The number of carbonyl (C=O) groups excluding carboxylic acids is 1. The molecule has 0 radical (unpaired) electrons. The van der Waals surface area contributed by atoms with Crippen molar-refractivity contribution in [2.45, 2.75) is 45.6 Å². The molecular formula is C14H24N4O. The first kappa shape index (κ1) is 14.1. The predicted molar refractivity (Wildman–Crippen MR) is 75.7 cm³/mol. The molecule has 1 aromatic heterocycles. The zero-order valence-electron chi connectivity index (χ0n) is 12.0. The molecule has 1 aliphatic carbocycles. The van der Waals surface area contributed by atoms with Gasteiger partial charge >= 0.3 is 0 Å². The normalized spacial score (nSPS) is 23.6. The molecular weight excluding hydrogens is 240 g/mol. The number of carbonyl (C=O) groups is 1. The summed E-state index contributed by atoms with van der Waals surface area (Å²) in [4.78, 5) is 12.2. The Morgan fingerprint density at radius 1 is 1.53 bits per heavy atom. The minimum atomic E-state index is -0.0733. The fraction of sp³-hybridized carbons (Fsp3) is 0.714. The van der Waals surface area contributed by atoms with Gasteiger partial charge in [-0.3, -0.25) is 9.48 Å². The topological polar surface area (TPSA) is 72.9 Å². The maximum Gasteiger partial charge on any atom is 0.227 e. The number of hydrogen-bond acceptors (Lipinski definition) is 3. The number of anilines is 1. The summed E-state index contributed by atoms with van der Waals surface area (Å²) < 4.78 is 1.86. The van der Waals surface area contributed by atoms with E-state index in [0.29, 0.717) is 12.5 Å². The van der Waals surface area contributed by atoms with E-state index in [-0.39, 0.29) is 17.4 Å². The predicted octanol–water partition coefficient (Wildman–Crippen LogP) is 1.95. The fourth-order valence-corrected chi connectivity index (χ4v) is 2.65. The third-order valence-corrected chi connectivity index (χ3v) is 3.84. The van der Waals surface area contributed by atoms with Gasteiger partial charge in [-0.15, -0.1) is 0 Å². The van der Waals surface area contributed by atoms with E-state index in [2.05, 4.69) is 31.2 Å². The van der Waals surface area contributed by atoms with Gasteiger partial charge in [0.05, 0.1) is 17.4 Å². The Balaban J connectivity index is 2.01. The average molecular weight is 264 g/mol. The van der Waals surface area contributed by atoms with E-state index >= 15 is 0 Å². The number of nitrogens with one attached hydrogen (secondary N) is 1. The van der Waals surface area contributed by atoms with Crippen molar-refractivity contribution in [3.63, 3.8) is 0 Å². The molecule has 0 bridgehead atoms. The van der Waals surface area contributed by atoms with Gasteiger partial charge in [0.1, 0.15) is 0 Å². The largest absolute Gasteiger partial charge is 0.330 e. The summed E-state index contributed by atoms with van der Waals surface area (Å²) in [7, 11) is 0. The van der Waals surface area contributed by atoms with Crippen molar-refractivity contribution in [3.05, 3.63) is 12.4 Å². The zero-order chi connectivity index (χ0) is 14.0. The van der Waals surface area contributed by atoms with Gasteiger partial charge < -0.3 is 11.1 Å². The molecule has 1 fully saturated rings. The quantitative estimate of drug-likeness (QED) is 0.876. The van der Waals surface area contributed by atoms with E-state index in [0.717, 1.165) is 24.9 Å². The first-order chi connectivity index (χ1) is 8.91. The van der Waals surface area contributed by atoms with E-state index in [1.165, 1.54) is 0 Å². The molecule has 1 aliphatic rings. The van der Waals surface area contributed by atoms with Crippen molar-refractivity contribution in [2.75, 3.05) is 11.9 Å². The molecule has 19 heavy (non-hydrogen) atoms. The maximum absolute atomic E-state index is 12.2. The molecule has 0 spiro atoms. The molecule has 0 unspecified atom stereocenters. The number of rotatable bonds is 3. The first-order valence-corrected chi connectivity index (χ1v) is 6.98. The summed E-state index contributed by atoms with van der Waals surface area (Å²) in [5.74, 6) is 0.474. The third kappa shape index (κ3) is 3.15. The summed E-state index contributed by atoms with van der Waals surface area (Å²) >= 11 is 0. The summed E-state index contributed by atoms with van der Waals surface area (Å²) in [5, 5.41) is 7.25. The van der Waals surface area contributed by atoms with Crippen LogP contribution in [0.5, 0.6) is 0 Å². The zero-order valence-corrected chi connectivity index (χ0v) is 12.0. The Labute approximate surface area is 114 Å². The van der Waals surface area contributed by atoms with E-state index in [1.807, 2.05) is 10.9 Å². The number of nitrogens with two attached hydrogens (primary N) is 1. The van der Waals surface area contributed by atoms with Crippen molar-refractivity contribution < 1.29 is 4.79 Å². The highest BCUT2D eigenvalue weighted by molar-refractivity contribution is 5.92. The van der Waals surface area contributed by atoms with E-state index in [4.69, 9.17) is 5.73 Å². The van der Waals surface area contributed by atoms with Crippen LogP contribution in [0.1, 0.15) is 40.0 Å². The summed E-state index contributed by atoms with van der Waals surface area (Å²) in [5.41, 5.74) is 6.41. The lowest BCUT2D eigenvalue weighted by Gasteiger charge is -2.19. The van der Waals surface area contributed by atoms with Crippen LogP contribution >= 0.6 is 0 Å². The SMILES string of the molecule is CC(C)(C)n1cc(NC(=O)[C@@H]2CCC[C@@H]2CN)cn1. The third-order valence-electron chi connectivity index (χ3n) is 3.84. The van der Waals surface area contributed by atoms with Gasteiger partial charge in [-0.25, -0.2) is 0 Å². The van der Waals surface area contributed by atoms with Gasteiger partial charge in [-0.2, -0.15) is 5.10 Å². The molecule has 1 aromatic rings. The van der Waals surface area contributed by atoms with Crippen LogP contribution in [0.3, 0.4) is 0 Å². The van der Waals surface area contributed by atoms with Gasteiger partial charge in [0.25, 0.3) is 0 Å². The second-order valence-electron chi connectivity index (χ2n) is 6.37. The number of hydrogen-bond donors (Lipinski definition) is 2. The number of aromatic nitrogens is 2. The Hall–Kier alpha value is -1.36. The maximum atomic E-state index is 12.2. The molecule has 3 N–H and O–H groups in total. The fourth-order valence-electron chi connectivity index (χ4n) is 2.65. The van der Waals surface area contributed by atoms with Crippen LogP contribution in [0.2, 0.25) is 0 Å². The van der Waals surface area contributed by atoms with E-state index in [9.17, 15) is 4.79 Å². The van der Waals surface area contributed by atoms with Crippen molar-refractivity contribution in [3.8, 4) is 0 Å². The molecule has 106 valence electrons. The van der Waals surface area contributed by atoms with Gasteiger partial charge in [0, 0.05) is 12.1 Å². The van der Waals surface area contributed by atoms with Gasteiger partial charge in [-0.1, -0.05) is 6.42 Å². The number of nitrogens with zero attached hydrogens (tertiary/aromatic N) is 2. The van der Waals surface area contributed by atoms with Gasteiger partial charge in [0.2, 0.25) is 5.91 Å². The molecule has 2 rings (SSSR count).